The summed E-state index contributed by atoms with van der Waals surface area (Å²) in [6.07, 6.45) is 1.38. The van der Waals surface area contributed by atoms with Crippen LogP contribution in [0.5, 0.6) is 5.75 Å². The van der Waals surface area contributed by atoms with E-state index >= 15 is 0 Å². The molecule has 1 amide bonds. The predicted octanol–water partition coefficient (Wildman–Crippen LogP) is 2.92. The quantitative estimate of drug-likeness (QED) is 0.273. The van der Waals surface area contributed by atoms with E-state index in [1.165, 1.54) is 0 Å². The van der Waals surface area contributed by atoms with Crippen molar-refractivity contribution in [2.24, 2.45) is 0 Å². The van der Waals surface area contributed by atoms with E-state index in [1.807, 2.05) is 55.5 Å². The van der Waals surface area contributed by atoms with Crippen LogP contribution >= 0.6 is 0 Å². The molecule has 0 saturated carbocycles. The normalized spacial score (nSPS) is 14.2. The summed E-state index contributed by atoms with van der Waals surface area (Å²) < 4.78 is 11.7. The lowest BCUT2D eigenvalue weighted by atomic mass is 9.97. The molecule has 41 heavy (non-hydrogen) atoms. The fourth-order valence-electron chi connectivity index (χ4n) is 4.97. The topological polar surface area (TPSA) is 130 Å². The highest BCUT2D eigenvalue weighted by Crippen LogP contribution is 2.26. The summed E-state index contributed by atoms with van der Waals surface area (Å²) in [5.41, 5.74) is 4.93. The maximum absolute atomic E-state index is 12.7. The number of carbonyl (C=O) groups excluding carboxylic acids is 1. The lowest BCUT2D eigenvalue weighted by molar-refractivity contribution is 0.0804. The Morgan fingerprint density at radius 1 is 1.05 bits per heavy atom. The first kappa shape index (κ1) is 28.1. The average Bonchev–Trinajstić information content (AvgIpc) is 3.29. The minimum Gasteiger partial charge on any atom is -0.489 e. The molecule has 214 valence electrons. The van der Waals surface area contributed by atoms with Gasteiger partial charge in [0.05, 0.1) is 12.6 Å². The summed E-state index contributed by atoms with van der Waals surface area (Å²) in [6.45, 7) is 5.60. The zero-order valence-corrected chi connectivity index (χ0v) is 23.0. The van der Waals surface area contributed by atoms with Gasteiger partial charge in [-0.2, -0.15) is 0 Å². The van der Waals surface area contributed by atoms with Gasteiger partial charge in [-0.15, -0.1) is 4.74 Å². The second-order valence-corrected chi connectivity index (χ2v) is 10.3. The molecular formula is C31H34N4O6. The summed E-state index contributed by atoms with van der Waals surface area (Å²) in [4.78, 5) is 39.8. The number of benzene rings is 3. The molecule has 10 nitrogen and oxygen atoms in total. The number of amides is 1. The summed E-state index contributed by atoms with van der Waals surface area (Å²) in [7, 11) is 0. The van der Waals surface area contributed by atoms with Crippen molar-refractivity contribution in [1.82, 2.24) is 19.9 Å². The molecule has 4 aromatic rings. The number of aryl methyl sites for hydroxylation is 1. The van der Waals surface area contributed by atoms with Crippen LogP contribution in [0.3, 0.4) is 0 Å². The lowest BCUT2D eigenvalue weighted by Gasteiger charge is -2.29. The smallest absolute Gasteiger partial charge is 0.440 e. The second kappa shape index (κ2) is 12.8. The van der Waals surface area contributed by atoms with Gasteiger partial charge in [-0.1, -0.05) is 36.4 Å². The molecule has 2 heterocycles. The van der Waals surface area contributed by atoms with Crippen molar-refractivity contribution < 1.29 is 19.2 Å². The van der Waals surface area contributed by atoms with Gasteiger partial charge in [0.1, 0.15) is 12.4 Å². The highest BCUT2D eigenvalue weighted by atomic mass is 16.5. The van der Waals surface area contributed by atoms with Crippen molar-refractivity contribution in [2.75, 3.05) is 26.2 Å². The van der Waals surface area contributed by atoms with Crippen LogP contribution in [-0.2, 0) is 13.2 Å². The summed E-state index contributed by atoms with van der Waals surface area (Å²) in [5.74, 6) is -0.197. The van der Waals surface area contributed by atoms with E-state index in [-0.39, 0.29) is 18.6 Å². The van der Waals surface area contributed by atoms with Crippen LogP contribution in [0.1, 0.15) is 39.9 Å². The molecule has 0 atom stereocenters. The number of aromatic amines is 1. The molecule has 3 N–H and O–H groups in total. The monoisotopic (exact) mass is 558 g/mol. The van der Waals surface area contributed by atoms with E-state index in [1.54, 1.807) is 12.1 Å². The molecule has 3 aromatic carbocycles. The minimum absolute atomic E-state index is 0.0884. The van der Waals surface area contributed by atoms with Crippen LogP contribution in [-0.4, -0.2) is 57.9 Å². The highest BCUT2D eigenvalue weighted by Gasteiger charge is 2.17. The molecule has 0 aliphatic carbocycles. The van der Waals surface area contributed by atoms with Gasteiger partial charge in [0, 0.05) is 31.7 Å². The summed E-state index contributed by atoms with van der Waals surface area (Å²) >= 11 is 0. The van der Waals surface area contributed by atoms with E-state index in [0.29, 0.717) is 24.5 Å². The van der Waals surface area contributed by atoms with Gasteiger partial charge in [-0.25, -0.2) is 14.6 Å². The number of ether oxygens (including phenoxy) is 1. The molecule has 0 spiro atoms. The van der Waals surface area contributed by atoms with Crippen LogP contribution in [0.15, 0.2) is 80.8 Å². The Balaban J connectivity index is 1.15. The van der Waals surface area contributed by atoms with Crippen molar-refractivity contribution in [3.63, 3.8) is 0 Å². The highest BCUT2D eigenvalue weighted by molar-refractivity contribution is 5.95. The summed E-state index contributed by atoms with van der Waals surface area (Å²) in [5, 5.41) is 12.7. The maximum atomic E-state index is 12.7. The number of nitrogens with one attached hydrogen (secondary N) is 2. The number of piperidine rings is 1. The maximum Gasteiger partial charge on any atom is 0.440 e. The van der Waals surface area contributed by atoms with Crippen LogP contribution in [0.25, 0.3) is 11.1 Å². The van der Waals surface area contributed by atoms with E-state index < -0.39 is 11.4 Å². The molecule has 1 fully saturated rings. The Morgan fingerprint density at radius 3 is 2.54 bits per heavy atom. The van der Waals surface area contributed by atoms with E-state index in [4.69, 9.17) is 9.26 Å². The number of aliphatic hydroxyl groups is 1. The number of rotatable bonds is 10. The molecular weight excluding hydrogens is 524 g/mol. The van der Waals surface area contributed by atoms with Gasteiger partial charge >= 0.3 is 11.4 Å². The number of hydrogen-bond donors (Lipinski definition) is 3. The van der Waals surface area contributed by atoms with E-state index in [2.05, 4.69) is 21.3 Å². The molecule has 10 heteroatoms. The Morgan fingerprint density at radius 2 is 1.83 bits per heavy atom. The van der Waals surface area contributed by atoms with Gasteiger partial charge < -0.3 is 24.6 Å². The van der Waals surface area contributed by atoms with Crippen molar-refractivity contribution in [2.45, 2.75) is 39.0 Å². The molecule has 0 unspecified atom stereocenters. The molecule has 0 radical (unpaired) electrons. The zero-order valence-electron chi connectivity index (χ0n) is 23.0. The largest absolute Gasteiger partial charge is 0.489 e. The molecule has 0 bridgehead atoms. The van der Waals surface area contributed by atoms with Crippen molar-refractivity contribution in [3.05, 3.63) is 110 Å². The van der Waals surface area contributed by atoms with Crippen molar-refractivity contribution in [1.29, 1.82) is 0 Å². The van der Waals surface area contributed by atoms with Gasteiger partial charge in [-0.3, -0.25) is 4.79 Å². The SMILES string of the molecule is Cc1cc(C(=O)NCCN2CCC(O)CC2)ccc1-c1cccc(COc2ccc(Cn3oc(=O)[nH]c3=O)cc2)c1. The van der Waals surface area contributed by atoms with Crippen LogP contribution in [0.4, 0.5) is 0 Å². The first-order valence-corrected chi connectivity index (χ1v) is 13.7. The summed E-state index contributed by atoms with van der Waals surface area (Å²) in [6, 6.07) is 21.1. The first-order valence-electron chi connectivity index (χ1n) is 13.7. The standard InChI is InChI=1S/C31H34N4O6/c1-21-17-25(29(37)32-13-16-34-14-11-26(36)12-15-34)7-10-28(21)24-4-2-3-23(18-24)20-40-27-8-5-22(6-9-27)19-35-30(38)33-31(39)41-35/h2-10,17-18,26,36H,11-16,19-20H2,1H3,(H,32,37)(H,33,38,39). The number of aromatic nitrogens is 2. The Kier molecular flexibility index (Phi) is 8.81. The number of nitrogens with zero attached hydrogens (tertiary/aromatic N) is 2. The third-order valence-electron chi connectivity index (χ3n) is 7.28. The van der Waals surface area contributed by atoms with Crippen LogP contribution < -0.4 is 21.5 Å². The molecule has 1 aliphatic rings. The van der Waals surface area contributed by atoms with Gasteiger partial charge in [0.15, 0.2) is 0 Å². The van der Waals surface area contributed by atoms with Gasteiger partial charge in [0.25, 0.3) is 5.91 Å². The van der Waals surface area contributed by atoms with Crippen molar-refractivity contribution in [3.8, 4) is 16.9 Å². The third-order valence-corrected chi connectivity index (χ3v) is 7.28. The number of H-pyrrole nitrogens is 1. The van der Waals surface area contributed by atoms with Crippen LogP contribution in [0.2, 0.25) is 0 Å². The number of carbonyl (C=O) groups is 1. The van der Waals surface area contributed by atoms with E-state index in [9.17, 15) is 19.5 Å². The first-order chi connectivity index (χ1) is 19.8. The third kappa shape index (κ3) is 7.41. The Hall–Kier alpha value is -4.41. The van der Waals surface area contributed by atoms with Crippen molar-refractivity contribution >= 4 is 5.91 Å². The predicted molar refractivity (Wildman–Crippen MR) is 154 cm³/mol. The second-order valence-electron chi connectivity index (χ2n) is 10.3. The fourth-order valence-corrected chi connectivity index (χ4v) is 4.97. The van der Waals surface area contributed by atoms with Crippen LogP contribution in [0, 0.1) is 6.92 Å². The van der Waals surface area contributed by atoms with Gasteiger partial charge in [0.2, 0.25) is 0 Å². The zero-order chi connectivity index (χ0) is 28.8. The fraction of sp³-hybridized carbons (Fsp3) is 0.323. The molecule has 5 rings (SSSR count). The average molecular weight is 559 g/mol. The van der Waals surface area contributed by atoms with Gasteiger partial charge in [-0.05, 0) is 77.9 Å². The lowest BCUT2D eigenvalue weighted by Crippen LogP contribution is -2.40. The Bertz CT molecular complexity index is 1600. The number of aliphatic hydroxyl groups excluding tert-OH is 1. The molecule has 1 saturated heterocycles. The minimum atomic E-state index is -0.782. The number of hydrogen-bond acceptors (Lipinski definition) is 7. The molecule has 1 aliphatic heterocycles. The van der Waals surface area contributed by atoms with E-state index in [0.717, 1.165) is 65.0 Å². The Labute approximate surface area is 237 Å². The number of likely N-dealkylation sites (tertiary alicyclic amines) is 1. The molecule has 1 aromatic heterocycles.